The van der Waals surface area contributed by atoms with E-state index in [0.717, 1.165) is 11.3 Å². The quantitative estimate of drug-likeness (QED) is 0.829. The molecule has 0 saturated heterocycles. The highest BCUT2D eigenvalue weighted by Gasteiger charge is 2.30. The van der Waals surface area contributed by atoms with E-state index in [1.165, 1.54) is 0 Å². The molecule has 1 aliphatic rings. The van der Waals surface area contributed by atoms with E-state index in [4.69, 9.17) is 10.5 Å². The van der Waals surface area contributed by atoms with Crippen LogP contribution < -0.4 is 10.5 Å². The molecule has 84 valence electrons. The summed E-state index contributed by atoms with van der Waals surface area (Å²) in [6.07, 6.45) is 2.35. The summed E-state index contributed by atoms with van der Waals surface area (Å²) in [7, 11) is 1.65. The molecule has 0 radical (unpaired) electrons. The number of nitrogens with two attached hydrogens (primary N) is 1. The molecular formula is C11H14N4O. The monoisotopic (exact) mass is 218 g/mol. The van der Waals surface area contributed by atoms with E-state index < -0.39 is 5.54 Å². The number of rotatable bonds is 4. The van der Waals surface area contributed by atoms with Crippen LogP contribution in [0, 0.1) is 0 Å². The van der Waals surface area contributed by atoms with Gasteiger partial charge in [-0.25, -0.2) is 0 Å². The maximum absolute atomic E-state index is 5.72. The number of hydrogen-bond acceptors (Lipinski definition) is 5. The second-order valence-corrected chi connectivity index (χ2v) is 3.73. The molecule has 0 fully saturated rings. The van der Waals surface area contributed by atoms with Crippen LogP contribution in [-0.2, 0) is 6.42 Å². The van der Waals surface area contributed by atoms with Gasteiger partial charge in [0.15, 0.2) is 0 Å². The van der Waals surface area contributed by atoms with Crippen molar-refractivity contribution in [1.29, 1.82) is 0 Å². The third-order valence-electron chi connectivity index (χ3n) is 2.64. The molecule has 1 aromatic carbocycles. The second-order valence-electron chi connectivity index (χ2n) is 3.73. The number of nitrogens with zero attached hydrogens (tertiary/aromatic N) is 3. The van der Waals surface area contributed by atoms with Gasteiger partial charge in [0.2, 0.25) is 0 Å². The van der Waals surface area contributed by atoms with Crippen molar-refractivity contribution in [2.24, 2.45) is 21.2 Å². The van der Waals surface area contributed by atoms with Crippen LogP contribution in [0.15, 0.2) is 39.7 Å². The van der Waals surface area contributed by atoms with Crippen molar-refractivity contribution in [1.82, 2.24) is 0 Å². The van der Waals surface area contributed by atoms with E-state index in [9.17, 15) is 0 Å². The third kappa shape index (κ3) is 1.94. The van der Waals surface area contributed by atoms with Crippen molar-refractivity contribution in [2.45, 2.75) is 12.0 Å². The summed E-state index contributed by atoms with van der Waals surface area (Å²) in [6.45, 7) is 0.387. The van der Waals surface area contributed by atoms with Crippen molar-refractivity contribution in [3.05, 3.63) is 29.8 Å². The van der Waals surface area contributed by atoms with E-state index in [0.29, 0.717) is 13.0 Å². The summed E-state index contributed by atoms with van der Waals surface area (Å²) in [6, 6.07) is 7.81. The third-order valence-corrected chi connectivity index (χ3v) is 2.64. The minimum Gasteiger partial charge on any atom is -0.496 e. The Hall–Kier alpha value is -1.75. The lowest BCUT2D eigenvalue weighted by atomic mass is 9.92. The van der Waals surface area contributed by atoms with E-state index in [-0.39, 0.29) is 0 Å². The van der Waals surface area contributed by atoms with Crippen LogP contribution in [0.4, 0.5) is 0 Å². The SMILES string of the molecule is COc1ccccc1CC1(CN)C=NN=N1. The van der Waals surface area contributed by atoms with Gasteiger partial charge in [-0.05, 0) is 16.9 Å². The van der Waals surface area contributed by atoms with E-state index >= 15 is 0 Å². The molecule has 0 aromatic heterocycles. The number of ether oxygens (including phenoxy) is 1. The molecule has 0 bridgehead atoms. The van der Waals surface area contributed by atoms with Gasteiger partial charge in [0.25, 0.3) is 0 Å². The molecule has 2 N–H and O–H groups in total. The highest BCUT2D eigenvalue weighted by atomic mass is 16.5. The molecule has 2 rings (SSSR count). The van der Waals surface area contributed by atoms with Crippen LogP contribution in [0.25, 0.3) is 0 Å². The van der Waals surface area contributed by atoms with Crippen molar-refractivity contribution >= 4 is 6.21 Å². The molecule has 16 heavy (non-hydrogen) atoms. The predicted octanol–water partition coefficient (Wildman–Crippen LogP) is 1.39. The van der Waals surface area contributed by atoms with Gasteiger partial charge in [0.1, 0.15) is 11.3 Å². The van der Waals surface area contributed by atoms with Crippen LogP contribution in [-0.4, -0.2) is 25.4 Å². The van der Waals surface area contributed by atoms with Gasteiger partial charge in [0.05, 0.1) is 13.3 Å². The van der Waals surface area contributed by atoms with Crippen LogP contribution >= 0.6 is 0 Å². The minimum atomic E-state index is -0.505. The number of benzene rings is 1. The van der Waals surface area contributed by atoms with E-state index in [1.807, 2.05) is 24.3 Å². The van der Waals surface area contributed by atoms with Crippen molar-refractivity contribution in [3.8, 4) is 5.75 Å². The van der Waals surface area contributed by atoms with Gasteiger partial charge >= 0.3 is 0 Å². The first-order valence-corrected chi connectivity index (χ1v) is 5.08. The Balaban J connectivity index is 2.26. The van der Waals surface area contributed by atoms with Gasteiger partial charge in [-0.1, -0.05) is 18.2 Å². The van der Waals surface area contributed by atoms with Crippen LogP contribution in [0.1, 0.15) is 5.56 Å². The molecule has 5 heteroatoms. The summed E-state index contributed by atoms with van der Waals surface area (Å²) in [5, 5.41) is 11.5. The molecule has 0 saturated carbocycles. The fraction of sp³-hybridized carbons (Fsp3) is 0.364. The molecule has 0 amide bonds. The number of para-hydroxylation sites is 1. The van der Waals surface area contributed by atoms with Crippen LogP contribution in [0.3, 0.4) is 0 Å². The molecule has 1 aliphatic heterocycles. The zero-order valence-corrected chi connectivity index (χ0v) is 9.13. The first kappa shape index (κ1) is 10.8. The van der Waals surface area contributed by atoms with Crippen molar-refractivity contribution < 1.29 is 4.74 Å². The van der Waals surface area contributed by atoms with Gasteiger partial charge < -0.3 is 10.5 Å². The van der Waals surface area contributed by atoms with E-state index in [1.54, 1.807) is 13.3 Å². The molecule has 0 aliphatic carbocycles. The summed E-state index contributed by atoms with van der Waals surface area (Å²) >= 11 is 0. The first-order chi connectivity index (χ1) is 7.79. The molecule has 5 nitrogen and oxygen atoms in total. The molecular weight excluding hydrogens is 204 g/mol. The topological polar surface area (TPSA) is 72.3 Å². The fourth-order valence-corrected chi connectivity index (χ4v) is 1.70. The first-order valence-electron chi connectivity index (χ1n) is 5.08. The summed E-state index contributed by atoms with van der Waals surface area (Å²) in [4.78, 5) is 0. The highest BCUT2D eigenvalue weighted by Crippen LogP contribution is 2.25. The molecule has 0 spiro atoms. The summed E-state index contributed by atoms with van der Waals surface area (Å²) in [5.41, 5.74) is 6.28. The van der Waals surface area contributed by atoms with Crippen LogP contribution in [0.5, 0.6) is 5.75 Å². The Labute approximate surface area is 94.0 Å². The zero-order valence-electron chi connectivity index (χ0n) is 9.13. The zero-order chi connectivity index (χ0) is 11.4. The average molecular weight is 218 g/mol. The molecule has 1 aromatic rings. The average Bonchev–Trinajstić information content (AvgIpc) is 2.79. The Kier molecular flexibility index (Phi) is 2.96. The Morgan fingerprint density at radius 3 is 2.81 bits per heavy atom. The van der Waals surface area contributed by atoms with Crippen molar-refractivity contribution in [2.75, 3.05) is 13.7 Å². The van der Waals surface area contributed by atoms with Crippen molar-refractivity contribution in [3.63, 3.8) is 0 Å². The lowest BCUT2D eigenvalue weighted by Crippen LogP contribution is -2.38. The van der Waals surface area contributed by atoms with Gasteiger partial charge in [-0.2, -0.15) is 5.11 Å². The molecule has 1 atom stereocenters. The van der Waals surface area contributed by atoms with Crippen LogP contribution in [0.2, 0.25) is 0 Å². The lowest BCUT2D eigenvalue weighted by molar-refractivity contribution is 0.406. The second kappa shape index (κ2) is 4.40. The Morgan fingerprint density at radius 1 is 1.38 bits per heavy atom. The number of hydrogen-bond donors (Lipinski definition) is 1. The minimum absolute atomic E-state index is 0.387. The summed E-state index contributed by atoms with van der Waals surface area (Å²) < 4.78 is 5.29. The molecule has 1 heterocycles. The largest absolute Gasteiger partial charge is 0.496 e. The van der Waals surface area contributed by atoms with Gasteiger partial charge in [-0.15, -0.1) is 5.10 Å². The van der Waals surface area contributed by atoms with Gasteiger partial charge in [-0.3, -0.25) is 0 Å². The Bertz CT molecular complexity index is 416. The maximum atomic E-state index is 5.72. The molecule has 1 unspecified atom stereocenters. The van der Waals surface area contributed by atoms with E-state index in [2.05, 4.69) is 15.4 Å². The lowest BCUT2D eigenvalue weighted by Gasteiger charge is -2.19. The highest BCUT2D eigenvalue weighted by molar-refractivity contribution is 5.72. The smallest absolute Gasteiger partial charge is 0.137 e. The summed E-state index contributed by atoms with van der Waals surface area (Å²) in [5.74, 6) is 0.839. The normalized spacial score (nSPS) is 22.6. The van der Waals surface area contributed by atoms with Gasteiger partial charge in [0, 0.05) is 13.0 Å². The maximum Gasteiger partial charge on any atom is 0.137 e. The predicted molar refractivity (Wildman–Crippen MR) is 61.8 cm³/mol. The standard InChI is InChI=1S/C11H14N4O/c1-16-10-5-3-2-4-9(10)6-11(7-12)8-13-15-14-11/h2-5,8H,6-7,12H2,1H3. The fourth-order valence-electron chi connectivity index (χ4n) is 1.70. The number of methoxy groups -OCH3 is 1. The Morgan fingerprint density at radius 2 is 2.19 bits per heavy atom.